The highest BCUT2D eigenvalue weighted by molar-refractivity contribution is 14.1. The highest BCUT2D eigenvalue weighted by Crippen LogP contribution is 2.35. The molecule has 5 unspecified atom stereocenters. The number of halogens is 1. The molecule has 0 bridgehead atoms. The van der Waals surface area contributed by atoms with Crippen LogP contribution >= 0.6 is 22.6 Å². The maximum Gasteiger partial charge on any atom is 0.0636 e. The highest BCUT2D eigenvalue weighted by Gasteiger charge is 2.40. The maximum atomic E-state index is 10.4. The van der Waals surface area contributed by atoms with Crippen LogP contribution in [0.3, 0.4) is 0 Å². The predicted molar refractivity (Wildman–Crippen MR) is 81.5 cm³/mol. The standard InChI is InChI=1S/C15H21IO2/c1-9-10(2)18-11(3)15(9)14(17)8-12-4-6-13(16)7-5-12/h4-7,9-11,14-15,17H,8H2,1-3H3. The summed E-state index contributed by atoms with van der Waals surface area (Å²) in [6.45, 7) is 6.34. The average Bonchev–Trinajstić information content (AvgIpc) is 2.56. The summed E-state index contributed by atoms with van der Waals surface area (Å²) >= 11 is 2.29. The van der Waals surface area contributed by atoms with Gasteiger partial charge < -0.3 is 9.84 Å². The zero-order valence-corrected chi connectivity index (χ0v) is 13.3. The molecule has 3 heteroatoms. The molecule has 0 amide bonds. The molecule has 1 saturated heterocycles. The van der Waals surface area contributed by atoms with Crippen LogP contribution in [-0.2, 0) is 11.2 Å². The van der Waals surface area contributed by atoms with Gasteiger partial charge in [0.1, 0.15) is 0 Å². The van der Waals surface area contributed by atoms with E-state index in [2.05, 4.69) is 67.6 Å². The number of rotatable bonds is 3. The van der Waals surface area contributed by atoms with Crippen molar-refractivity contribution in [3.05, 3.63) is 33.4 Å². The van der Waals surface area contributed by atoms with Gasteiger partial charge in [-0.05, 0) is 66.5 Å². The van der Waals surface area contributed by atoms with E-state index in [0.717, 1.165) is 0 Å². The minimum atomic E-state index is -0.319. The number of aliphatic hydroxyl groups excluding tert-OH is 1. The van der Waals surface area contributed by atoms with E-state index < -0.39 is 0 Å². The van der Waals surface area contributed by atoms with Crippen molar-refractivity contribution < 1.29 is 9.84 Å². The van der Waals surface area contributed by atoms with Gasteiger partial charge >= 0.3 is 0 Å². The lowest BCUT2D eigenvalue weighted by molar-refractivity contribution is 0.0240. The summed E-state index contributed by atoms with van der Waals surface area (Å²) in [4.78, 5) is 0. The second-order valence-corrected chi connectivity index (χ2v) is 6.63. The minimum Gasteiger partial charge on any atom is -0.392 e. The number of benzene rings is 1. The lowest BCUT2D eigenvalue weighted by atomic mass is 9.83. The van der Waals surface area contributed by atoms with Gasteiger partial charge in [0.15, 0.2) is 0 Å². The monoisotopic (exact) mass is 360 g/mol. The van der Waals surface area contributed by atoms with Crippen molar-refractivity contribution >= 4 is 22.6 Å². The first-order chi connectivity index (χ1) is 8.49. The molecule has 0 aromatic heterocycles. The minimum absolute atomic E-state index is 0.147. The van der Waals surface area contributed by atoms with Crippen molar-refractivity contribution in [2.24, 2.45) is 11.8 Å². The molecule has 0 spiro atoms. The summed E-state index contributed by atoms with van der Waals surface area (Å²) in [7, 11) is 0. The molecular weight excluding hydrogens is 339 g/mol. The normalized spacial score (nSPS) is 33.6. The van der Waals surface area contributed by atoms with Crippen LogP contribution in [0.1, 0.15) is 26.3 Å². The van der Waals surface area contributed by atoms with Gasteiger partial charge in [-0.3, -0.25) is 0 Å². The van der Waals surface area contributed by atoms with Crippen LogP contribution in [0, 0.1) is 15.4 Å². The van der Waals surface area contributed by atoms with Crippen molar-refractivity contribution in [2.45, 2.75) is 45.5 Å². The smallest absolute Gasteiger partial charge is 0.0636 e. The molecule has 2 rings (SSSR count). The third kappa shape index (κ3) is 3.06. The largest absolute Gasteiger partial charge is 0.392 e. The van der Waals surface area contributed by atoms with E-state index in [1.165, 1.54) is 9.13 Å². The lowest BCUT2D eigenvalue weighted by Crippen LogP contribution is -2.32. The third-order valence-corrected chi connectivity index (χ3v) is 4.84. The van der Waals surface area contributed by atoms with Crippen LogP contribution in [0.5, 0.6) is 0 Å². The quantitative estimate of drug-likeness (QED) is 0.839. The molecule has 1 aromatic rings. The zero-order valence-electron chi connectivity index (χ0n) is 11.1. The summed E-state index contributed by atoms with van der Waals surface area (Å²) in [5.74, 6) is 0.651. The molecule has 1 aliphatic heterocycles. The molecule has 1 fully saturated rings. The van der Waals surface area contributed by atoms with Crippen LogP contribution in [0.15, 0.2) is 24.3 Å². The molecule has 0 aliphatic carbocycles. The van der Waals surface area contributed by atoms with Crippen LogP contribution in [0.25, 0.3) is 0 Å². The van der Waals surface area contributed by atoms with Gasteiger partial charge in [-0.1, -0.05) is 19.1 Å². The van der Waals surface area contributed by atoms with E-state index >= 15 is 0 Å². The fourth-order valence-electron chi connectivity index (χ4n) is 2.95. The molecule has 0 saturated carbocycles. The van der Waals surface area contributed by atoms with Crippen molar-refractivity contribution in [3.63, 3.8) is 0 Å². The summed E-state index contributed by atoms with van der Waals surface area (Å²) in [5, 5.41) is 10.4. The van der Waals surface area contributed by atoms with E-state index in [0.29, 0.717) is 12.3 Å². The number of ether oxygens (including phenoxy) is 1. The molecule has 1 N–H and O–H groups in total. The van der Waals surface area contributed by atoms with Gasteiger partial charge in [0.2, 0.25) is 0 Å². The number of hydrogen-bond acceptors (Lipinski definition) is 2. The fraction of sp³-hybridized carbons (Fsp3) is 0.600. The summed E-state index contributed by atoms with van der Waals surface area (Å²) < 4.78 is 7.03. The van der Waals surface area contributed by atoms with Crippen molar-refractivity contribution in [2.75, 3.05) is 0 Å². The van der Waals surface area contributed by atoms with Gasteiger partial charge in [-0.15, -0.1) is 0 Å². The Kier molecular flexibility index (Phi) is 4.67. The first kappa shape index (κ1) is 14.3. The highest BCUT2D eigenvalue weighted by atomic mass is 127. The van der Waals surface area contributed by atoms with Crippen LogP contribution < -0.4 is 0 Å². The molecular formula is C15H21IO2. The predicted octanol–water partition coefficient (Wildman–Crippen LogP) is 3.25. The SMILES string of the molecule is CC1OC(C)C(C(O)Cc2ccc(I)cc2)C1C. The lowest BCUT2D eigenvalue weighted by Gasteiger charge is -2.24. The van der Waals surface area contributed by atoms with E-state index in [1.54, 1.807) is 0 Å². The first-order valence-corrected chi connectivity index (χ1v) is 7.65. The molecule has 2 nitrogen and oxygen atoms in total. The van der Waals surface area contributed by atoms with E-state index in [9.17, 15) is 5.11 Å². The maximum absolute atomic E-state index is 10.4. The second-order valence-electron chi connectivity index (χ2n) is 5.38. The Morgan fingerprint density at radius 1 is 1.17 bits per heavy atom. The Balaban J connectivity index is 2.03. The Bertz CT molecular complexity index is 390. The number of hydrogen-bond donors (Lipinski definition) is 1. The topological polar surface area (TPSA) is 29.5 Å². The van der Waals surface area contributed by atoms with Crippen molar-refractivity contribution in [3.8, 4) is 0 Å². The summed E-state index contributed by atoms with van der Waals surface area (Å²) in [6.07, 6.45) is 0.789. The van der Waals surface area contributed by atoms with Gasteiger partial charge in [-0.2, -0.15) is 0 Å². The molecule has 1 aromatic carbocycles. The molecule has 5 atom stereocenters. The van der Waals surface area contributed by atoms with Crippen LogP contribution in [0.2, 0.25) is 0 Å². The Labute approximate surface area is 123 Å². The van der Waals surface area contributed by atoms with Gasteiger partial charge in [0, 0.05) is 9.49 Å². The van der Waals surface area contributed by atoms with Crippen LogP contribution in [0.4, 0.5) is 0 Å². The van der Waals surface area contributed by atoms with Crippen LogP contribution in [-0.4, -0.2) is 23.4 Å². The molecule has 18 heavy (non-hydrogen) atoms. The number of aliphatic hydroxyl groups is 1. The average molecular weight is 360 g/mol. The Hall–Kier alpha value is -0.130. The molecule has 0 radical (unpaired) electrons. The van der Waals surface area contributed by atoms with Gasteiger partial charge in [-0.25, -0.2) is 0 Å². The summed E-state index contributed by atoms with van der Waals surface area (Å²) in [6, 6.07) is 8.37. The van der Waals surface area contributed by atoms with Gasteiger partial charge in [0.05, 0.1) is 18.3 Å². The van der Waals surface area contributed by atoms with Crippen molar-refractivity contribution in [1.82, 2.24) is 0 Å². The van der Waals surface area contributed by atoms with E-state index in [-0.39, 0.29) is 24.2 Å². The zero-order chi connectivity index (χ0) is 13.3. The molecule has 1 heterocycles. The van der Waals surface area contributed by atoms with E-state index in [1.807, 2.05) is 0 Å². The Morgan fingerprint density at radius 3 is 2.28 bits per heavy atom. The van der Waals surface area contributed by atoms with Crippen molar-refractivity contribution in [1.29, 1.82) is 0 Å². The van der Waals surface area contributed by atoms with Gasteiger partial charge in [0.25, 0.3) is 0 Å². The van der Waals surface area contributed by atoms with E-state index in [4.69, 9.17) is 4.74 Å². The first-order valence-electron chi connectivity index (χ1n) is 6.57. The second kappa shape index (κ2) is 5.88. The molecule has 100 valence electrons. The summed E-state index contributed by atoms with van der Waals surface area (Å²) in [5.41, 5.74) is 1.20. The molecule has 1 aliphatic rings. The Morgan fingerprint density at radius 2 is 1.78 bits per heavy atom. The fourth-order valence-corrected chi connectivity index (χ4v) is 3.31. The third-order valence-electron chi connectivity index (χ3n) is 4.12.